The average Bonchev–Trinajstić information content (AvgIpc) is 2.89. The van der Waals surface area contributed by atoms with E-state index in [2.05, 4.69) is 5.32 Å². The Bertz CT molecular complexity index is 817. The molecule has 114 valence electrons. The molecule has 1 aromatic heterocycles. The maximum absolute atomic E-state index is 12.3. The zero-order valence-electron chi connectivity index (χ0n) is 11.6. The Kier molecular flexibility index (Phi) is 3.85. The molecule has 1 atom stereocenters. The zero-order chi connectivity index (χ0) is 15.9. The minimum Gasteiger partial charge on any atom is -0.489 e. The summed E-state index contributed by atoms with van der Waals surface area (Å²) < 4.78 is 6.90. The molecule has 5 nitrogen and oxygen atoms in total. The highest BCUT2D eigenvalue weighted by molar-refractivity contribution is 6.43. The van der Waals surface area contributed by atoms with Gasteiger partial charge in [-0.05, 0) is 12.1 Å². The number of halogens is 2. The lowest BCUT2D eigenvalue weighted by molar-refractivity contribution is 0.0930. The predicted octanol–water partition coefficient (Wildman–Crippen LogP) is 2.56. The number of rotatable bonds is 2. The summed E-state index contributed by atoms with van der Waals surface area (Å²) in [5.41, 5.74) is 0.828. The number of hydrogen-bond acceptors (Lipinski definition) is 3. The van der Waals surface area contributed by atoms with Gasteiger partial charge in [-0.1, -0.05) is 29.3 Å². The molecule has 1 N–H and O–H groups in total. The monoisotopic (exact) mass is 338 g/mol. The van der Waals surface area contributed by atoms with Crippen LogP contribution in [0.2, 0.25) is 10.0 Å². The second-order valence-electron chi connectivity index (χ2n) is 4.98. The lowest BCUT2D eigenvalue weighted by atomic mass is 10.1. The molecule has 0 fully saturated rings. The quantitative estimate of drug-likeness (QED) is 0.915. The maximum atomic E-state index is 12.3. The third kappa shape index (κ3) is 2.58. The SMILES string of the molecule is Cn1ccc(C(=O)N[C@@H]2COc3c2ccc(Cl)c3Cl)cc1=O. The van der Waals surface area contributed by atoms with E-state index in [0.717, 1.165) is 5.56 Å². The van der Waals surface area contributed by atoms with Gasteiger partial charge in [-0.2, -0.15) is 0 Å². The first-order valence-corrected chi connectivity index (χ1v) is 7.31. The first-order chi connectivity index (χ1) is 10.5. The van der Waals surface area contributed by atoms with Crippen LogP contribution in [0.3, 0.4) is 0 Å². The Hall–Kier alpha value is -1.98. The number of benzene rings is 1. The van der Waals surface area contributed by atoms with Crippen molar-refractivity contribution in [2.24, 2.45) is 7.05 Å². The minimum atomic E-state index is -0.342. The second kappa shape index (κ2) is 5.66. The predicted molar refractivity (Wildman–Crippen MR) is 83.8 cm³/mol. The molecule has 2 aromatic rings. The molecule has 1 aliphatic heterocycles. The number of aryl methyl sites for hydroxylation is 1. The van der Waals surface area contributed by atoms with Crippen molar-refractivity contribution in [1.82, 2.24) is 9.88 Å². The van der Waals surface area contributed by atoms with Crippen LogP contribution in [0.5, 0.6) is 5.75 Å². The molecule has 0 aliphatic carbocycles. The zero-order valence-corrected chi connectivity index (χ0v) is 13.1. The van der Waals surface area contributed by atoms with Gasteiger partial charge < -0.3 is 14.6 Å². The van der Waals surface area contributed by atoms with Crippen LogP contribution in [0.15, 0.2) is 35.3 Å². The van der Waals surface area contributed by atoms with Gasteiger partial charge in [-0.25, -0.2) is 0 Å². The Labute approximate surface area is 136 Å². The Morgan fingerprint density at radius 2 is 2.14 bits per heavy atom. The van der Waals surface area contributed by atoms with Crippen LogP contribution in [0.1, 0.15) is 22.0 Å². The van der Waals surface area contributed by atoms with E-state index in [9.17, 15) is 9.59 Å². The summed E-state index contributed by atoms with van der Waals surface area (Å²) >= 11 is 12.0. The second-order valence-corrected chi connectivity index (χ2v) is 5.77. The molecule has 22 heavy (non-hydrogen) atoms. The number of pyridine rings is 1. The van der Waals surface area contributed by atoms with Crippen LogP contribution in [0, 0.1) is 0 Å². The normalized spacial score (nSPS) is 16.0. The third-order valence-corrected chi connectivity index (χ3v) is 4.31. The molecule has 0 spiro atoms. The molecule has 2 heterocycles. The number of aromatic nitrogens is 1. The molecule has 1 amide bonds. The largest absolute Gasteiger partial charge is 0.489 e. The Morgan fingerprint density at radius 1 is 1.36 bits per heavy atom. The fraction of sp³-hybridized carbons (Fsp3) is 0.200. The van der Waals surface area contributed by atoms with Crippen molar-refractivity contribution in [2.75, 3.05) is 6.61 Å². The molecule has 0 radical (unpaired) electrons. The summed E-state index contributed by atoms with van der Waals surface area (Å²) in [7, 11) is 1.62. The van der Waals surface area contributed by atoms with Crippen molar-refractivity contribution < 1.29 is 9.53 Å². The molecule has 0 unspecified atom stereocenters. The molecular formula is C15H12Cl2N2O3. The summed E-state index contributed by atoms with van der Waals surface area (Å²) in [5, 5.41) is 3.57. The standard InChI is InChI=1S/C15H12Cl2N2O3/c1-19-5-4-8(6-12(19)20)15(21)18-11-7-22-14-9(11)2-3-10(16)13(14)17/h2-6,11H,7H2,1H3,(H,18,21)/t11-/m1/s1. The average molecular weight is 339 g/mol. The highest BCUT2D eigenvalue weighted by atomic mass is 35.5. The number of nitrogens with one attached hydrogen (secondary N) is 1. The van der Waals surface area contributed by atoms with E-state index in [4.69, 9.17) is 27.9 Å². The molecule has 3 rings (SSSR count). The summed E-state index contributed by atoms with van der Waals surface area (Å²) in [6.45, 7) is 0.270. The molecule has 7 heteroatoms. The van der Waals surface area contributed by atoms with Crippen molar-refractivity contribution >= 4 is 29.1 Å². The molecular weight excluding hydrogens is 327 g/mol. The van der Waals surface area contributed by atoms with Crippen LogP contribution in [-0.2, 0) is 7.05 Å². The summed E-state index contributed by atoms with van der Waals surface area (Å²) in [6, 6.07) is 5.98. The van der Waals surface area contributed by atoms with E-state index < -0.39 is 0 Å². The van der Waals surface area contributed by atoms with Gasteiger partial charge in [0.25, 0.3) is 11.5 Å². The molecule has 1 aliphatic rings. The highest BCUT2D eigenvalue weighted by Crippen LogP contribution is 2.42. The number of amides is 1. The van der Waals surface area contributed by atoms with Crippen LogP contribution in [-0.4, -0.2) is 17.1 Å². The van der Waals surface area contributed by atoms with E-state index in [1.165, 1.54) is 10.6 Å². The Balaban J connectivity index is 1.84. The lowest BCUT2D eigenvalue weighted by Crippen LogP contribution is -2.30. The van der Waals surface area contributed by atoms with Gasteiger partial charge in [0, 0.05) is 30.4 Å². The first kappa shape index (κ1) is 14.9. The van der Waals surface area contributed by atoms with Crippen LogP contribution < -0.4 is 15.6 Å². The van der Waals surface area contributed by atoms with Crippen molar-refractivity contribution in [1.29, 1.82) is 0 Å². The van der Waals surface area contributed by atoms with Crippen molar-refractivity contribution in [3.63, 3.8) is 0 Å². The fourth-order valence-electron chi connectivity index (χ4n) is 2.28. The first-order valence-electron chi connectivity index (χ1n) is 6.55. The van der Waals surface area contributed by atoms with E-state index in [0.29, 0.717) is 21.4 Å². The van der Waals surface area contributed by atoms with Crippen LogP contribution >= 0.6 is 23.2 Å². The van der Waals surface area contributed by atoms with Gasteiger partial charge in [-0.15, -0.1) is 0 Å². The lowest BCUT2D eigenvalue weighted by Gasteiger charge is -2.12. The summed E-state index contributed by atoms with van der Waals surface area (Å²) in [5.74, 6) is 0.147. The summed E-state index contributed by atoms with van der Waals surface area (Å²) in [6.07, 6.45) is 1.55. The van der Waals surface area contributed by atoms with Gasteiger partial charge in [0.05, 0.1) is 11.1 Å². The smallest absolute Gasteiger partial charge is 0.252 e. The highest BCUT2D eigenvalue weighted by Gasteiger charge is 2.28. The number of hydrogen-bond donors (Lipinski definition) is 1. The number of carbonyl (C=O) groups excluding carboxylic acids is 1. The van der Waals surface area contributed by atoms with Gasteiger partial charge in [-0.3, -0.25) is 9.59 Å². The van der Waals surface area contributed by atoms with E-state index in [1.54, 1.807) is 31.4 Å². The maximum Gasteiger partial charge on any atom is 0.252 e. The molecule has 0 saturated heterocycles. The van der Waals surface area contributed by atoms with Crippen LogP contribution in [0.25, 0.3) is 0 Å². The number of ether oxygens (including phenoxy) is 1. The number of nitrogens with zero attached hydrogens (tertiary/aromatic N) is 1. The topological polar surface area (TPSA) is 60.3 Å². The van der Waals surface area contributed by atoms with E-state index in [-0.39, 0.29) is 24.1 Å². The Morgan fingerprint density at radius 3 is 2.86 bits per heavy atom. The van der Waals surface area contributed by atoms with Gasteiger partial charge in [0.15, 0.2) is 0 Å². The third-order valence-electron chi connectivity index (χ3n) is 3.52. The van der Waals surface area contributed by atoms with Gasteiger partial charge >= 0.3 is 0 Å². The molecule has 0 saturated carbocycles. The van der Waals surface area contributed by atoms with Crippen LogP contribution in [0.4, 0.5) is 0 Å². The van der Waals surface area contributed by atoms with E-state index >= 15 is 0 Å². The number of carbonyl (C=O) groups is 1. The molecule has 0 bridgehead atoms. The fourth-order valence-corrected chi connectivity index (χ4v) is 2.65. The molecule has 1 aromatic carbocycles. The van der Waals surface area contributed by atoms with Crippen molar-refractivity contribution in [2.45, 2.75) is 6.04 Å². The number of fused-ring (bicyclic) bond motifs is 1. The minimum absolute atomic E-state index is 0.245. The summed E-state index contributed by atoms with van der Waals surface area (Å²) in [4.78, 5) is 23.8. The van der Waals surface area contributed by atoms with Crippen molar-refractivity contribution in [3.05, 3.63) is 62.0 Å². The van der Waals surface area contributed by atoms with Crippen molar-refractivity contribution in [3.8, 4) is 5.75 Å². The van der Waals surface area contributed by atoms with Gasteiger partial charge in [0.2, 0.25) is 0 Å². The van der Waals surface area contributed by atoms with Gasteiger partial charge in [0.1, 0.15) is 17.4 Å². The van der Waals surface area contributed by atoms with E-state index in [1.807, 2.05) is 0 Å².